The molecule has 0 aromatic carbocycles. The summed E-state index contributed by atoms with van der Waals surface area (Å²) in [6.45, 7) is 0. The van der Waals surface area contributed by atoms with E-state index >= 15 is 0 Å². The number of aromatic nitrogens is 4. The Hall–Kier alpha value is -2.44. The highest BCUT2D eigenvalue weighted by molar-refractivity contribution is 5.88. The molecule has 0 amide bonds. The number of hydrogen-bond acceptors (Lipinski definition) is 4. The number of aromatic carboxylic acids is 1. The SMILES string of the molecule is O=C(O)c1nn(-c2c[n+]([O-])ccn2)c2c1C[C@@H]1C[C@H]21. The molecule has 7 nitrogen and oxygen atoms in total. The lowest BCUT2D eigenvalue weighted by molar-refractivity contribution is -0.605. The smallest absolute Gasteiger partial charge is 0.356 e. The van der Waals surface area contributed by atoms with Gasteiger partial charge in [-0.2, -0.15) is 9.83 Å². The molecular weight excluding hydrogens is 248 g/mol. The molecule has 0 unspecified atom stereocenters. The van der Waals surface area contributed by atoms with Crippen LogP contribution in [0.5, 0.6) is 0 Å². The van der Waals surface area contributed by atoms with Gasteiger partial charge in [0.05, 0.1) is 11.9 Å². The molecule has 0 radical (unpaired) electrons. The van der Waals surface area contributed by atoms with Crippen molar-refractivity contribution in [1.29, 1.82) is 0 Å². The van der Waals surface area contributed by atoms with Crippen molar-refractivity contribution in [2.75, 3.05) is 0 Å². The summed E-state index contributed by atoms with van der Waals surface area (Å²) in [4.78, 5) is 15.3. The summed E-state index contributed by atoms with van der Waals surface area (Å²) in [5, 5.41) is 24.6. The molecule has 2 heterocycles. The van der Waals surface area contributed by atoms with Gasteiger partial charge in [-0.1, -0.05) is 0 Å². The molecule has 96 valence electrons. The Labute approximate surface area is 107 Å². The highest BCUT2D eigenvalue weighted by atomic mass is 16.5. The number of hydrogen-bond donors (Lipinski definition) is 1. The third kappa shape index (κ3) is 1.38. The van der Waals surface area contributed by atoms with Gasteiger partial charge in [0.25, 0.3) is 0 Å². The highest BCUT2D eigenvalue weighted by Gasteiger charge is 2.50. The molecule has 2 aromatic rings. The Morgan fingerprint density at radius 3 is 3.16 bits per heavy atom. The Morgan fingerprint density at radius 1 is 1.58 bits per heavy atom. The zero-order chi connectivity index (χ0) is 13.1. The maximum absolute atomic E-state index is 11.3. The lowest BCUT2D eigenvalue weighted by Gasteiger charge is -2.04. The summed E-state index contributed by atoms with van der Waals surface area (Å²) in [6.07, 6.45) is 5.81. The minimum absolute atomic E-state index is 0.0882. The predicted octanol–water partition coefficient (Wildman–Crippen LogP) is 0.258. The Kier molecular flexibility index (Phi) is 1.83. The van der Waals surface area contributed by atoms with E-state index in [-0.39, 0.29) is 5.69 Å². The fraction of sp³-hybridized carbons (Fsp3) is 0.333. The molecule has 2 atom stereocenters. The first-order valence-corrected chi connectivity index (χ1v) is 6.05. The fourth-order valence-electron chi connectivity index (χ4n) is 2.94. The monoisotopic (exact) mass is 258 g/mol. The molecular formula is C12H10N4O3. The van der Waals surface area contributed by atoms with E-state index in [4.69, 9.17) is 0 Å². The topological polar surface area (TPSA) is 95.0 Å². The van der Waals surface area contributed by atoms with Crippen LogP contribution in [0.25, 0.3) is 5.82 Å². The lowest BCUT2D eigenvalue weighted by atomic mass is 10.1. The van der Waals surface area contributed by atoms with Gasteiger partial charge in [-0.25, -0.2) is 14.5 Å². The Morgan fingerprint density at radius 2 is 2.42 bits per heavy atom. The van der Waals surface area contributed by atoms with Crippen LogP contribution in [0.3, 0.4) is 0 Å². The van der Waals surface area contributed by atoms with Crippen LogP contribution in [0.15, 0.2) is 18.6 Å². The van der Waals surface area contributed by atoms with Crippen molar-refractivity contribution in [3.05, 3.63) is 40.7 Å². The van der Waals surface area contributed by atoms with Gasteiger partial charge in [0.1, 0.15) is 0 Å². The van der Waals surface area contributed by atoms with Crippen molar-refractivity contribution in [2.45, 2.75) is 18.8 Å². The number of nitrogens with zero attached hydrogens (tertiary/aromatic N) is 4. The van der Waals surface area contributed by atoms with Crippen molar-refractivity contribution in [3.8, 4) is 5.82 Å². The van der Waals surface area contributed by atoms with Crippen LogP contribution in [0.4, 0.5) is 0 Å². The van der Waals surface area contributed by atoms with Gasteiger partial charge in [-0.15, -0.1) is 0 Å². The molecule has 4 rings (SSSR count). The summed E-state index contributed by atoms with van der Waals surface area (Å²) in [5.41, 5.74) is 1.81. The van der Waals surface area contributed by atoms with E-state index < -0.39 is 5.97 Å². The Balaban J connectivity index is 1.94. The van der Waals surface area contributed by atoms with Gasteiger partial charge in [0.2, 0.25) is 12.0 Å². The van der Waals surface area contributed by atoms with Crippen LogP contribution in [0.1, 0.15) is 34.1 Å². The third-order valence-corrected chi connectivity index (χ3v) is 3.85. The van der Waals surface area contributed by atoms with E-state index in [0.717, 1.165) is 24.1 Å². The summed E-state index contributed by atoms with van der Waals surface area (Å²) < 4.78 is 2.15. The Bertz CT molecular complexity index is 709. The molecule has 2 aliphatic carbocycles. The maximum Gasteiger partial charge on any atom is 0.356 e. The van der Waals surface area contributed by atoms with Crippen molar-refractivity contribution >= 4 is 5.97 Å². The molecule has 2 aliphatic rings. The van der Waals surface area contributed by atoms with Crippen molar-refractivity contribution in [3.63, 3.8) is 0 Å². The lowest BCUT2D eigenvalue weighted by Crippen LogP contribution is -2.26. The van der Waals surface area contributed by atoms with Gasteiger partial charge in [-0.3, -0.25) is 0 Å². The van der Waals surface area contributed by atoms with E-state index in [2.05, 4.69) is 10.1 Å². The van der Waals surface area contributed by atoms with E-state index in [1.54, 1.807) is 0 Å². The zero-order valence-electron chi connectivity index (χ0n) is 9.85. The van der Waals surface area contributed by atoms with Crippen LogP contribution >= 0.6 is 0 Å². The molecule has 2 aromatic heterocycles. The van der Waals surface area contributed by atoms with Gasteiger partial charge < -0.3 is 10.3 Å². The quantitative estimate of drug-likeness (QED) is 0.615. The minimum atomic E-state index is -1.03. The molecule has 1 saturated carbocycles. The van der Waals surface area contributed by atoms with Crippen LogP contribution in [0, 0.1) is 11.1 Å². The second-order valence-electron chi connectivity index (χ2n) is 5.01. The van der Waals surface area contributed by atoms with Crippen LogP contribution in [-0.4, -0.2) is 25.8 Å². The normalized spacial score (nSPS) is 22.9. The summed E-state index contributed by atoms with van der Waals surface area (Å²) >= 11 is 0. The van der Waals surface area contributed by atoms with Crippen molar-refractivity contribution < 1.29 is 14.6 Å². The van der Waals surface area contributed by atoms with E-state index in [1.165, 1.54) is 23.3 Å². The fourth-order valence-corrected chi connectivity index (χ4v) is 2.94. The average Bonchev–Trinajstić information content (AvgIpc) is 2.87. The highest BCUT2D eigenvalue weighted by Crippen LogP contribution is 2.57. The van der Waals surface area contributed by atoms with Gasteiger partial charge in [0, 0.05) is 11.5 Å². The number of rotatable bonds is 2. The van der Waals surface area contributed by atoms with Crippen LogP contribution in [-0.2, 0) is 6.42 Å². The van der Waals surface area contributed by atoms with Gasteiger partial charge in [0.15, 0.2) is 11.9 Å². The second kappa shape index (κ2) is 3.31. The van der Waals surface area contributed by atoms with E-state index in [0.29, 0.717) is 22.4 Å². The number of carboxylic acid groups (broad SMARTS) is 1. The van der Waals surface area contributed by atoms with E-state index in [1.807, 2.05) is 0 Å². The first-order chi connectivity index (χ1) is 9.15. The molecule has 0 saturated heterocycles. The van der Waals surface area contributed by atoms with Crippen LogP contribution in [0.2, 0.25) is 0 Å². The predicted molar refractivity (Wildman–Crippen MR) is 61.8 cm³/mol. The van der Waals surface area contributed by atoms with Crippen LogP contribution < -0.4 is 4.73 Å². The molecule has 19 heavy (non-hydrogen) atoms. The van der Waals surface area contributed by atoms with Gasteiger partial charge in [-0.05, 0) is 18.8 Å². The third-order valence-electron chi connectivity index (χ3n) is 3.85. The number of fused-ring (bicyclic) bond motifs is 3. The maximum atomic E-state index is 11.3. The first kappa shape index (κ1) is 10.5. The molecule has 0 bridgehead atoms. The summed E-state index contributed by atoms with van der Waals surface area (Å²) in [6, 6.07) is 0. The summed E-state index contributed by atoms with van der Waals surface area (Å²) in [5.74, 6) is 0.258. The first-order valence-electron chi connectivity index (χ1n) is 6.05. The zero-order valence-corrected chi connectivity index (χ0v) is 9.85. The molecule has 0 spiro atoms. The number of carbonyl (C=O) groups is 1. The molecule has 0 aliphatic heterocycles. The minimum Gasteiger partial charge on any atom is -0.619 e. The largest absolute Gasteiger partial charge is 0.619 e. The van der Waals surface area contributed by atoms with Crippen molar-refractivity contribution in [2.24, 2.45) is 5.92 Å². The summed E-state index contributed by atoms with van der Waals surface area (Å²) in [7, 11) is 0. The average molecular weight is 258 g/mol. The molecule has 1 fully saturated rings. The molecule has 7 heteroatoms. The van der Waals surface area contributed by atoms with Gasteiger partial charge >= 0.3 is 5.97 Å². The second-order valence-corrected chi connectivity index (χ2v) is 5.01. The number of carboxylic acids is 1. The van der Waals surface area contributed by atoms with Crippen molar-refractivity contribution in [1.82, 2.24) is 14.8 Å². The molecule has 1 N–H and O–H groups in total. The standard InChI is InChI=1S/C12H10N4O3/c17-12(18)10-8-4-6-3-7(6)11(8)16(14-10)9-5-15(19)2-1-13-9/h1-2,5-7H,3-4H2,(H,17,18)/t6-,7-/m0/s1. The van der Waals surface area contributed by atoms with E-state index in [9.17, 15) is 15.1 Å².